The third-order valence-corrected chi connectivity index (χ3v) is 3.33. The van der Waals surface area contributed by atoms with Crippen LogP contribution in [-0.2, 0) is 0 Å². The number of amides is 2. The molecule has 2 aliphatic rings. The molecule has 5 heteroatoms. The first-order valence-electron chi connectivity index (χ1n) is 4.92. The van der Waals surface area contributed by atoms with Gasteiger partial charge in [-0.3, -0.25) is 0 Å². The van der Waals surface area contributed by atoms with E-state index in [1.54, 1.807) is 11.9 Å². The van der Waals surface area contributed by atoms with Crippen molar-refractivity contribution in [1.29, 1.82) is 0 Å². The van der Waals surface area contributed by atoms with Gasteiger partial charge in [0.2, 0.25) is 0 Å². The Kier molecular flexibility index (Phi) is 2.34. The average Bonchev–Trinajstić information content (AvgIpc) is 2.68. The Morgan fingerprint density at radius 2 is 2.29 bits per heavy atom. The van der Waals surface area contributed by atoms with Crippen LogP contribution in [-0.4, -0.2) is 48.5 Å². The minimum atomic E-state index is -1.10. The van der Waals surface area contributed by atoms with Gasteiger partial charge in [0, 0.05) is 26.1 Å². The van der Waals surface area contributed by atoms with Gasteiger partial charge in [0.05, 0.1) is 6.10 Å². The molecule has 1 heterocycles. The summed E-state index contributed by atoms with van der Waals surface area (Å²) in [6.07, 6.45) is -1.59. The van der Waals surface area contributed by atoms with Crippen LogP contribution in [0.2, 0.25) is 0 Å². The number of hydrogen-bond acceptors (Lipinski definition) is 2. The fourth-order valence-electron chi connectivity index (χ4n) is 2.55. The van der Waals surface area contributed by atoms with Crippen molar-refractivity contribution in [2.45, 2.75) is 18.7 Å². The number of likely N-dealkylation sites (tertiary alicyclic amines) is 1. The second-order valence-electron chi connectivity index (χ2n) is 4.13. The van der Waals surface area contributed by atoms with Gasteiger partial charge in [0.15, 0.2) is 0 Å². The number of carbonyl (C=O) groups is 1. The summed E-state index contributed by atoms with van der Waals surface area (Å²) in [5.41, 5.74) is 0. The normalized spacial score (nSPS) is 41.2. The van der Waals surface area contributed by atoms with Gasteiger partial charge in [-0.1, -0.05) is 0 Å². The van der Waals surface area contributed by atoms with Crippen LogP contribution < -0.4 is 5.32 Å². The first kappa shape index (κ1) is 9.71. The topological polar surface area (TPSA) is 52.6 Å². The zero-order valence-corrected chi connectivity index (χ0v) is 8.11. The summed E-state index contributed by atoms with van der Waals surface area (Å²) in [5, 5.41) is 12.0. The number of hydrogen-bond donors (Lipinski definition) is 2. The van der Waals surface area contributed by atoms with E-state index in [0.29, 0.717) is 19.5 Å². The molecular formula is C9H15FN2O2. The van der Waals surface area contributed by atoms with E-state index in [1.165, 1.54) is 0 Å². The van der Waals surface area contributed by atoms with Gasteiger partial charge >= 0.3 is 6.03 Å². The molecule has 4 atom stereocenters. The molecule has 4 nitrogen and oxygen atoms in total. The molecule has 80 valence electrons. The zero-order chi connectivity index (χ0) is 10.3. The summed E-state index contributed by atoms with van der Waals surface area (Å²) in [7, 11) is 1.57. The van der Waals surface area contributed by atoms with Gasteiger partial charge < -0.3 is 15.3 Å². The zero-order valence-electron chi connectivity index (χ0n) is 8.11. The van der Waals surface area contributed by atoms with Crippen molar-refractivity contribution in [3.8, 4) is 0 Å². The van der Waals surface area contributed by atoms with E-state index in [2.05, 4.69) is 5.32 Å². The molecule has 1 saturated heterocycles. The molecule has 2 amide bonds. The van der Waals surface area contributed by atoms with Crippen molar-refractivity contribution < 1.29 is 14.3 Å². The van der Waals surface area contributed by atoms with Gasteiger partial charge in [-0.15, -0.1) is 0 Å². The lowest BCUT2D eigenvalue weighted by atomic mass is 10.00. The lowest BCUT2D eigenvalue weighted by Gasteiger charge is -2.18. The van der Waals surface area contributed by atoms with E-state index in [9.17, 15) is 14.3 Å². The summed E-state index contributed by atoms with van der Waals surface area (Å²) >= 11 is 0. The van der Waals surface area contributed by atoms with Gasteiger partial charge in [-0.25, -0.2) is 9.18 Å². The van der Waals surface area contributed by atoms with E-state index < -0.39 is 12.3 Å². The number of urea groups is 1. The summed E-state index contributed by atoms with van der Waals surface area (Å²) in [6, 6.07) is -0.137. The molecule has 0 aromatic carbocycles. The first-order valence-corrected chi connectivity index (χ1v) is 4.92. The molecule has 0 spiro atoms. The summed E-state index contributed by atoms with van der Waals surface area (Å²) in [6.45, 7) is 1.05. The number of aliphatic hydroxyl groups excluding tert-OH is 1. The van der Waals surface area contributed by atoms with Crippen LogP contribution in [0, 0.1) is 11.8 Å². The third kappa shape index (κ3) is 1.35. The minimum absolute atomic E-state index is 0.0673. The maximum absolute atomic E-state index is 13.1. The molecule has 2 N–H and O–H groups in total. The molecule has 0 unspecified atom stereocenters. The molecule has 1 aliphatic heterocycles. The van der Waals surface area contributed by atoms with E-state index in [1.807, 2.05) is 0 Å². The third-order valence-electron chi connectivity index (χ3n) is 3.33. The number of fused-ring (bicyclic) bond motifs is 1. The predicted octanol–water partition coefficient (Wildman–Crippen LogP) is -0.0235. The highest BCUT2D eigenvalue weighted by atomic mass is 19.1. The van der Waals surface area contributed by atoms with Gasteiger partial charge in [0.25, 0.3) is 0 Å². The molecule has 2 fully saturated rings. The summed E-state index contributed by atoms with van der Waals surface area (Å²) in [4.78, 5) is 12.9. The Hall–Kier alpha value is -0.840. The molecule has 1 aliphatic carbocycles. The molecule has 0 aromatic heterocycles. The number of nitrogens with zero attached hydrogens (tertiary/aromatic N) is 1. The van der Waals surface area contributed by atoms with Crippen LogP contribution in [0.1, 0.15) is 6.42 Å². The number of rotatable bonds is 0. The molecule has 0 bridgehead atoms. The molecular weight excluding hydrogens is 187 g/mol. The van der Waals surface area contributed by atoms with Gasteiger partial charge in [-0.2, -0.15) is 0 Å². The van der Waals surface area contributed by atoms with E-state index in [4.69, 9.17) is 0 Å². The molecule has 2 rings (SSSR count). The monoisotopic (exact) mass is 202 g/mol. The van der Waals surface area contributed by atoms with E-state index in [-0.39, 0.29) is 17.9 Å². The second kappa shape index (κ2) is 3.38. The predicted molar refractivity (Wildman–Crippen MR) is 48.5 cm³/mol. The Labute approximate surface area is 82.1 Å². The highest BCUT2D eigenvalue weighted by Crippen LogP contribution is 2.39. The average molecular weight is 202 g/mol. The number of halogens is 1. The smallest absolute Gasteiger partial charge is 0.317 e. The Morgan fingerprint density at radius 3 is 2.86 bits per heavy atom. The van der Waals surface area contributed by atoms with Crippen molar-refractivity contribution in [2.24, 2.45) is 11.8 Å². The van der Waals surface area contributed by atoms with E-state index >= 15 is 0 Å². The molecule has 1 saturated carbocycles. The van der Waals surface area contributed by atoms with Crippen LogP contribution in [0.3, 0.4) is 0 Å². The Balaban J connectivity index is 2.00. The standard InChI is InChI=1S/C9H15FN2O2/c1-11-9(14)12-3-5-2-7(10)8(13)6(5)4-12/h5-8,13H,2-4H2,1H3,(H,11,14)/t5-,6+,7-,8+/m0/s1. The van der Waals surface area contributed by atoms with Crippen molar-refractivity contribution in [2.75, 3.05) is 20.1 Å². The van der Waals surface area contributed by atoms with Gasteiger partial charge in [0.1, 0.15) is 6.17 Å². The van der Waals surface area contributed by atoms with Crippen LogP contribution in [0.15, 0.2) is 0 Å². The number of carbonyl (C=O) groups excluding carboxylic acids is 1. The lowest BCUT2D eigenvalue weighted by molar-refractivity contribution is 0.0659. The fourth-order valence-corrected chi connectivity index (χ4v) is 2.55. The molecule has 0 radical (unpaired) electrons. The van der Waals surface area contributed by atoms with Crippen LogP contribution in [0.25, 0.3) is 0 Å². The molecule has 0 aromatic rings. The Morgan fingerprint density at radius 1 is 1.57 bits per heavy atom. The second-order valence-corrected chi connectivity index (χ2v) is 4.13. The quantitative estimate of drug-likeness (QED) is 0.580. The summed E-state index contributed by atoms with van der Waals surface area (Å²) < 4.78 is 13.1. The van der Waals surface area contributed by atoms with Crippen molar-refractivity contribution in [3.05, 3.63) is 0 Å². The van der Waals surface area contributed by atoms with E-state index in [0.717, 1.165) is 0 Å². The maximum atomic E-state index is 13.1. The highest BCUT2D eigenvalue weighted by molar-refractivity contribution is 5.74. The van der Waals surface area contributed by atoms with Crippen LogP contribution >= 0.6 is 0 Å². The van der Waals surface area contributed by atoms with Crippen LogP contribution in [0.5, 0.6) is 0 Å². The van der Waals surface area contributed by atoms with Crippen molar-refractivity contribution >= 4 is 6.03 Å². The lowest BCUT2D eigenvalue weighted by Crippen LogP contribution is -2.38. The fraction of sp³-hybridized carbons (Fsp3) is 0.889. The van der Waals surface area contributed by atoms with Gasteiger partial charge in [-0.05, 0) is 12.3 Å². The highest BCUT2D eigenvalue weighted by Gasteiger charge is 2.48. The minimum Gasteiger partial charge on any atom is -0.390 e. The number of nitrogens with one attached hydrogen (secondary N) is 1. The maximum Gasteiger partial charge on any atom is 0.317 e. The SMILES string of the molecule is CNC(=O)N1C[C@@H]2C[C@H](F)[C@H](O)[C@@H]2C1. The van der Waals surface area contributed by atoms with Crippen molar-refractivity contribution in [1.82, 2.24) is 10.2 Å². The molecule has 14 heavy (non-hydrogen) atoms. The first-order chi connectivity index (χ1) is 6.63. The number of aliphatic hydroxyl groups is 1. The Bertz CT molecular complexity index is 249. The number of alkyl halides is 1. The summed E-state index contributed by atoms with van der Waals surface area (Å²) in [5.74, 6) is 0.0691. The van der Waals surface area contributed by atoms with Crippen LogP contribution in [0.4, 0.5) is 9.18 Å². The van der Waals surface area contributed by atoms with Crippen molar-refractivity contribution in [3.63, 3.8) is 0 Å². The largest absolute Gasteiger partial charge is 0.390 e.